The maximum atomic E-state index is 10.4. The fourth-order valence-electron chi connectivity index (χ4n) is 2.76. The van der Waals surface area contributed by atoms with Gasteiger partial charge in [0.1, 0.15) is 0 Å². The molecule has 0 spiro atoms. The second kappa shape index (κ2) is 4.95. The molecule has 1 aromatic rings. The van der Waals surface area contributed by atoms with Crippen molar-refractivity contribution in [2.45, 2.75) is 33.6 Å². The lowest BCUT2D eigenvalue weighted by Gasteiger charge is -2.51. The second-order valence-corrected chi connectivity index (χ2v) is 5.19. The quantitative estimate of drug-likeness (QED) is 0.599. The van der Waals surface area contributed by atoms with Crippen LogP contribution in [0, 0.1) is 12.3 Å². The highest BCUT2D eigenvalue weighted by Crippen LogP contribution is 2.42. The summed E-state index contributed by atoms with van der Waals surface area (Å²) >= 11 is 0. The zero-order valence-electron chi connectivity index (χ0n) is 11.4. The molecule has 0 bridgehead atoms. The van der Waals surface area contributed by atoms with Crippen LogP contribution in [0.2, 0.25) is 0 Å². The molecule has 0 N–H and O–H groups in total. The molecule has 0 radical (unpaired) electrons. The molecule has 1 saturated heterocycles. The van der Waals surface area contributed by atoms with Crippen LogP contribution in [0.1, 0.15) is 32.3 Å². The molecule has 18 heavy (non-hydrogen) atoms. The molecule has 0 aromatic heterocycles. The topological polar surface area (TPSA) is 32.7 Å². The van der Waals surface area contributed by atoms with Gasteiger partial charge in [0.25, 0.3) is 0 Å². The van der Waals surface area contributed by atoms with Crippen LogP contribution in [-0.4, -0.2) is 19.2 Å². The van der Waals surface area contributed by atoms with E-state index in [9.17, 15) is 4.79 Å². The molecule has 2 rings (SSSR count). The fourth-order valence-corrected chi connectivity index (χ4v) is 2.76. The lowest BCUT2D eigenvalue weighted by Crippen LogP contribution is -2.56. The minimum atomic E-state index is 0.483. The predicted molar refractivity (Wildman–Crippen MR) is 74.2 cm³/mol. The molecular weight excluding hydrogens is 224 g/mol. The summed E-state index contributed by atoms with van der Waals surface area (Å²) in [5.41, 5.74) is 3.48. The summed E-state index contributed by atoms with van der Waals surface area (Å²) in [5.74, 6) is 0. The van der Waals surface area contributed by atoms with E-state index in [0.717, 1.165) is 24.3 Å². The number of benzene rings is 1. The molecule has 1 aliphatic rings. The third-order valence-electron chi connectivity index (χ3n) is 4.34. The normalized spacial score (nSPS) is 16.9. The van der Waals surface area contributed by atoms with E-state index in [1.165, 1.54) is 18.5 Å². The van der Waals surface area contributed by atoms with Gasteiger partial charge in [0.15, 0.2) is 0 Å². The predicted octanol–water partition coefficient (Wildman–Crippen LogP) is 3.59. The number of hydrogen-bond donors (Lipinski definition) is 0. The summed E-state index contributed by atoms with van der Waals surface area (Å²) in [5, 5.41) is 0. The first-order valence-corrected chi connectivity index (χ1v) is 6.58. The number of rotatable bonds is 4. The Hall–Kier alpha value is -1.60. The van der Waals surface area contributed by atoms with Gasteiger partial charge < -0.3 is 4.90 Å². The molecule has 0 saturated carbocycles. The third kappa shape index (κ3) is 2.06. The van der Waals surface area contributed by atoms with Crippen LogP contribution in [0.4, 0.5) is 11.4 Å². The van der Waals surface area contributed by atoms with Crippen LogP contribution < -0.4 is 4.90 Å². The second-order valence-electron chi connectivity index (χ2n) is 5.19. The Bertz CT molecular complexity index is 477. The standard InChI is InChI=1S/C15H20N2O/c1-4-15(5-2)9-17(10-15)14-8-6-7-13(12(14)3)16-11-18/h6-8H,4-5,9-10H2,1-3H3. The molecule has 3 heteroatoms. The molecule has 0 aliphatic carbocycles. The average molecular weight is 244 g/mol. The van der Waals surface area contributed by atoms with Gasteiger partial charge in [-0.05, 0) is 37.5 Å². The largest absolute Gasteiger partial charge is 0.370 e. The maximum Gasteiger partial charge on any atom is 0.240 e. The van der Waals surface area contributed by atoms with Crippen molar-refractivity contribution in [1.29, 1.82) is 0 Å². The molecular formula is C15H20N2O. The maximum absolute atomic E-state index is 10.4. The van der Waals surface area contributed by atoms with Gasteiger partial charge in [-0.2, -0.15) is 4.99 Å². The van der Waals surface area contributed by atoms with E-state index in [4.69, 9.17) is 0 Å². The van der Waals surface area contributed by atoms with Crippen LogP contribution in [-0.2, 0) is 4.79 Å². The van der Waals surface area contributed by atoms with Gasteiger partial charge in [-0.1, -0.05) is 19.9 Å². The highest BCUT2D eigenvalue weighted by molar-refractivity contribution is 5.67. The first-order valence-electron chi connectivity index (χ1n) is 6.58. The molecule has 1 heterocycles. The van der Waals surface area contributed by atoms with Crippen molar-refractivity contribution in [2.75, 3.05) is 18.0 Å². The average Bonchev–Trinajstić information content (AvgIpc) is 2.33. The Morgan fingerprint density at radius 1 is 1.33 bits per heavy atom. The van der Waals surface area contributed by atoms with Crippen molar-refractivity contribution in [2.24, 2.45) is 10.4 Å². The fraction of sp³-hybridized carbons (Fsp3) is 0.533. The molecule has 1 fully saturated rings. The lowest BCUT2D eigenvalue weighted by molar-refractivity contribution is 0.194. The highest BCUT2D eigenvalue weighted by atomic mass is 16.1. The van der Waals surface area contributed by atoms with Crippen LogP contribution >= 0.6 is 0 Å². The van der Waals surface area contributed by atoms with Crippen LogP contribution in [0.25, 0.3) is 0 Å². The number of aliphatic imine (C=N–C) groups is 1. The third-order valence-corrected chi connectivity index (χ3v) is 4.34. The van der Waals surface area contributed by atoms with Crippen molar-refractivity contribution >= 4 is 17.5 Å². The van der Waals surface area contributed by atoms with Crippen molar-refractivity contribution < 1.29 is 4.79 Å². The Balaban J connectivity index is 2.22. The Kier molecular flexibility index (Phi) is 3.53. The molecule has 1 aliphatic heterocycles. The van der Waals surface area contributed by atoms with Gasteiger partial charge in [0.05, 0.1) is 5.69 Å². The summed E-state index contributed by atoms with van der Waals surface area (Å²) in [4.78, 5) is 16.5. The van der Waals surface area contributed by atoms with Crippen LogP contribution in [0.15, 0.2) is 23.2 Å². The smallest absolute Gasteiger partial charge is 0.240 e. The van der Waals surface area contributed by atoms with E-state index in [2.05, 4.69) is 29.8 Å². The van der Waals surface area contributed by atoms with Crippen LogP contribution in [0.3, 0.4) is 0 Å². The summed E-state index contributed by atoms with van der Waals surface area (Å²) in [7, 11) is 0. The summed E-state index contributed by atoms with van der Waals surface area (Å²) in [6.45, 7) is 8.76. The van der Waals surface area contributed by atoms with Crippen molar-refractivity contribution in [1.82, 2.24) is 0 Å². The van der Waals surface area contributed by atoms with E-state index in [1.54, 1.807) is 6.08 Å². The number of nitrogens with zero attached hydrogens (tertiary/aromatic N) is 2. The van der Waals surface area contributed by atoms with Gasteiger partial charge in [-0.15, -0.1) is 0 Å². The van der Waals surface area contributed by atoms with Crippen molar-refractivity contribution in [3.8, 4) is 0 Å². The van der Waals surface area contributed by atoms with E-state index in [1.807, 2.05) is 19.1 Å². The Labute approximate surface area is 109 Å². The first-order chi connectivity index (χ1) is 8.65. The number of carbonyl (C=O) groups excluding carboxylic acids is 1. The minimum absolute atomic E-state index is 0.483. The molecule has 0 atom stereocenters. The minimum Gasteiger partial charge on any atom is -0.370 e. The molecule has 96 valence electrons. The molecule has 0 unspecified atom stereocenters. The lowest BCUT2D eigenvalue weighted by atomic mass is 9.75. The van der Waals surface area contributed by atoms with Crippen molar-refractivity contribution in [3.63, 3.8) is 0 Å². The zero-order chi connectivity index (χ0) is 13.2. The number of isocyanates is 1. The van der Waals surface area contributed by atoms with Gasteiger partial charge in [0.2, 0.25) is 6.08 Å². The monoisotopic (exact) mass is 244 g/mol. The highest BCUT2D eigenvalue weighted by Gasteiger charge is 2.40. The summed E-state index contributed by atoms with van der Waals surface area (Å²) < 4.78 is 0. The van der Waals surface area contributed by atoms with E-state index >= 15 is 0 Å². The summed E-state index contributed by atoms with van der Waals surface area (Å²) in [6.07, 6.45) is 4.08. The SMILES string of the molecule is CCC1(CC)CN(c2cccc(N=C=O)c2C)C1. The van der Waals surface area contributed by atoms with Crippen LogP contribution in [0.5, 0.6) is 0 Å². The molecule has 3 nitrogen and oxygen atoms in total. The molecule has 0 amide bonds. The Morgan fingerprint density at radius 2 is 2.00 bits per heavy atom. The van der Waals surface area contributed by atoms with E-state index in [-0.39, 0.29) is 0 Å². The number of hydrogen-bond acceptors (Lipinski definition) is 3. The number of anilines is 1. The summed E-state index contributed by atoms with van der Waals surface area (Å²) in [6, 6.07) is 5.92. The van der Waals surface area contributed by atoms with Crippen molar-refractivity contribution in [3.05, 3.63) is 23.8 Å². The van der Waals surface area contributed by atoms with E-state index in [0.29, 0.717) is 5.41 Å². The first kappa shape index (κ1) is 12.8. The van der Waals surface area contributed by atoms with Gasteiger partial charge >= 0.3 is 0 Å². The Morgan fingerprint density at radius 3 is 2.56 bits per heavy atom. The van der Waals surface area contributed by atoms with Gasteiger partial charge in [0, 0.05) is 24.2 Å². The van der Waals surface area contributed by atoms with Gasteiger partial charge in [-0.25, -0.2) is 4.79 Å². The molecule has 1 aromatic carbocycles. The van der Waals surface area contributed by atoms with Gasteiger partial charge in [-0.3, -0.25) is 0 Å². The zero-order valence-corrected chi connectivity index (χ0v) is 11.4. The van der Waals surface area contributed by atoms with E-state index < -0.39 is 0 Å².